The number of nitro groups is 1. The smallest absolute Gasteiger partial charge is 0.258 e. The molecular formula is C12H8FINO2+. The van der Waals surface area contributed by atoms with Crippen molar-refractivity contribution in [2.45, 2.75) is 0 Å². The van der Waals surface area contributed by atoms with Crippen LogP contribution in [0.3, 0.4) is 0 Å². The third-order valence-corrected chi connectivity index (χ3v) is 4.74. The lowest BCUT2D eigenvalue weighted by atomic mass is 10.3. The Morgan fingerprint density at radius 2 is 1.41 bits per heavy atom. The minimum atomic E-state index is -0.417. The van der Waals surface area contributed by atoms with Crippen LogP contribution in [0.1, 0.15) is 0 Å². The second-order valence-electron chi connectivity index (χ2n) is 3.26. The van der Waals surface area contributed by atoms with E-state index in [4.69, 9.17) is 0 Å². The molecule has 0 atom stereocenters. The predicted molar refractivity (Wildman–Crippen MR) is 56.9 cm³/mol. The molecule has 0 heterocycles. The Labute approximate surface area is 108 Å². The van der Waals surface area contributed by atoms with Crippen LogP contribution in [0.25, 0.3) is 0 Å². The number of nitro benzene ring substituents is 1. The van der Waals surface area contributed by atoms with Gasteiger partial charge in [0.2, 0.25) is 0 Å². The first-order chi connectivity index (χ1) is 8.15. The summed E-state index contributed by atoms with van der Waals surface area (Å²) in [5.41, 5.74) is 0.0943. The normalized spacial score (nSPS) is 10.2. The minimum Gasteiger partial charge on any atom is -0.258 e. The fourth-order valence-electron chi connectivity index (χ4n) is 1.24. The summed E-state index contributed by atoms with van der Waals surface area (Å²) >= 11 is -0.406. The summed E-state index contributed by atoms with van der Waals surface area (Å²) in [7, 11) is 0. The van der Waals surface area contributed by atoms with Gasteiger partial charge >= 0.3 is 21.2 Å². The van der Waals surface area contributed by atoms with Crippen LogP contribution < -0.4 is 21.2 Å². The molecule has 0 aliphatic heterocycles. The van der Waals surface area contributed by atoms with Gasteiger partial charge in [0.15, 0.2) is 7.14 Å². The highest BCUT2D eigenvalue weighted by atomic mass is 127. The van der Waals surface area contributed by atoms with Gasteiger partial charge in [0, 0.05) is 12.1 Å². The van der Waals surface area contributed by atoms with Crippen molar-refractivity contribution in [3.8, 4) is 0 Å². The van der Waals surface area contributed by atoms with Crippen molar-refractivity contribution in [2.75, 3.05) is 0 Å². The summed E-state index contributed by atoms with van der Waals surface area (Å²) in [6.07, 6.45) is 0. The molecule has 17 heavy (non-hydrogen) atoms. The summed E-state index contributed by atoms with van der Waals surface area (Å²) in [4.78, 5) is 10.1. The number of nitrogens with zero attached hydrogens (tertiary/aromatic N) is 1. The van der Waals surface area contributed by atoms with Crippen LogP contribution in [0, 0.1) is 23.1 Å². The maximum atomic E-state index is 12.7. The fraction of sp³-hybridized carbons (Fsp3) is 0. The first kappa shape index (κ1) is 12.0. The monoisotopic (exact) mass is 344 g/mol. The van der Waals surface area contributed by atoms with E-state index in [9.17, 15) is 14.5 Å². The summed E-state index contributed by atoms with van der Waals surface area (Å²) in [5, 5.41) is 10.5. The van der Waals surface area contributed by atoms with Gasteiger partial charge < -0.3 is 0 Å². The van der Waals surface area contributed by atoms with E-state index in [1.807, 2.05) is 0 Å². The predicted octanol–water partition coefficient (Wildman–Crippen LogP) is -0.138. The van der Waals surface area contributed by atoms with Crippen molar-refractivity contribution in [3.63, 3.8) is 0 Å². The summed E-state index contributed by atoms with van der Waals surface area (Å²) < 4.78 is 14.9. The second kappa shape index (κ2) is 5.22. The number of benzene rings is 2. The molecule has 86 valence electrons. The van der Waals surface area contributed by atoms with E-state index >= 15 is 0 Å². The van der Waals surface area contributed by atoms with Crippen LogP contribution in [-0.4, -0.2) is 4.92 Å². The van der Waals surface area contributed by atoms with Crippen molar-refractivity contribution in [1.82, 2.24) is 0 Å². The van der Waals surface area contributed by atoms with E-state index in [1.54, 1.807) is 24.3 Å². The van der Waals surface area contributed by atoms with Crippen molar-refractivity contribution >= 4 is 5.69 Å². The highest BCUT2D eigenvalue weighted by Gasteiger charge is 2.16. The van der Waals surface area contributed by atoms with Gasteiger partial charge in [-0.25, -0.2) is 4.39 Å². The zero-order chi connectivity index (χ0) is 12.3. The number of hydrogen-bond donors (Lipinski definition) is 0. The fourth-order valence-corrected chi connectivity index (χ4v) is 3.40. The quantitative estimate of drug-likeness (QED) is 0.442. The number of non-ortho nitro benzene ring substituents is 1. The summed E-state index contributed by atoms with van der Waals surface area (Å²) in [6.45, 7) is 0. The molecule has 2 rings (SSSR count). The molecule has 0 saturated carbocycles. The molecular weight excluding hydrogens is 336 g/mol. The average molecular weight is 344 g/mol. The van der Waals surface area contributed by atoms with E-state index in [-0.39, 0.29) is 11.5 Å². The molecule has 2 aromatic rings. The molecule has 0 bridgehead atoms. The highest BCUT2D eigenvalue weighted by Crippen LogP contribution is 2.07. The Kier molecular flexibility index (Phi) is 3.68. The second-order valence-corrected chi connectivity index (χ2v) is 6.30. The Morgan fingerprint density at radius 3 is 1.88 bits per heavy atom. The van der Waals surface area contributed by atoms with E-state index in [0.29, 0.717) is 0 Å². The molecule has 0 N–H and O–H groups in total. The van der Waals surface area contributed by atoms with Crippen molar-refractivity contribution < 1.29 is 30.5 Å². The van der Waals surface area contributed by atoms with E-state index < -0.39 is 26.1 Å². The maximum absolute atomic E-state index is 12.7. The third-order valence-electron chi connectivity index (χ3n) is 2.06. The molecule has 3 nitrogen and oxygen atoms in total. The molecule has 0 aliphatic rings. The topological polar surface area (TPSA) is 43.1 Å². The summed E-state index contributed by atoms with van der Waals surface area (Å²) in [5.74, 6) is -0.249. The lowest BCUT2D eigenvalue weighted by Gasteiger charge is -1.89. The first-order valence-electron chi connectivity index (χ1n) is 4.80. The van der Waals surface area contributed by atoms with Gasteiger partial charge in [-0.3, -0.25) is 10.1 Å². The number of rotatable bonds is 3. The van der Waals surface area contributed by atoms with Crippen molar-refractivity contribution in [3.05, 3.63) is 71.6 Å². The van der Waals surface area contributed by atoms with E-state index in [0.717, 1.165) is 7.14 Å². The van der Waals surface area contributed by atoms with Gasteiger partial charge in [0.1, 0.15) is 5.82 Å². The third kappa shape index (κ3) is 3.23. The molecule has 0 fully saturated rings. The Balaban J connectivity index is 2.13. The molecule has 0 spiro atoms. The zero-order valence-corrected chi connectivity index (χ0v) is 10.8. The van der Waals surface area contributed by atoms with Gasteiger partial charge in [-0.1, -0.05) is 0 Å². The Morgan fingerprint density at radius 1 is 0.941 bits per heavy atom. The van der Waals surface area contributed by atoms with Crippen molar-refractivity contribution in [1.29, 1.82) is 0 Å². The molecule has 0 amide bonds. The summed E-state index contributed by atoms with van der Waals surface area (Å²) in [6, 6.07) is 12.9. The molecule has 5 heteroatoms. The molecule has 0 radical (unpaired) electrons. The minimum absolute atomic E-state index is 0.0943. The van der Waals surface area contributed by atoms with Gasteiger partial charge in [0.05, 0.1) is 4.92 Å². The average Bonchev–Trinajstić information content (AvgIpc) is 2.33. The standard InChI is InChI=1S/C12H8FINO2/c13-9-1-3-10(4-2-9)14-11-5-7-12(8-6-11)15(16)17/h1-8H/q+1. The van der Waals surface area contributed by atoms with Crippen LogP contribution >= 0.6 is 0 Å². The molecule has 0 saturated heterocycles. The molecule has 0 aromatic heterocycles. The lowest BCUT2D eigenvalue weighted by Crippen LogP contribution is -3.61. The first-order valence-corrected chi connectivity index (χ1v) is 6.96. The van der Waals surface area contributed by atoms with Gasteiger partial charge in [0.25, 0.3) is 5.69 Å². The van der Waals surface area contributed by atoms with Crippen molar-refractivity contribution in [2.24, 2.45) is 0 Å². The Bertz CT molecular complexity index is 525. The number of hydrogen-bond acceptors (Lipinski definition) is 2. The zero-order valence-electron chi connectivity index (χ0n) is 8.64. The Hall–Kier alpha value is -1.50. The largest absolute Gasteiger partial charge is 0.357 e. The van der Waals surface area contributed by atoms with E-state index in [1.165, 1.54) is 24.3 Å². The van der Waals surface area contributed by atoms with Crippen LogP contribution in [0.5, 0.6) is 0 Å². The highest BCUT2D eigenvalue weighted by molar-refractivity contribution is 5.27. The molecule has 0 aliphatic carbocycles. The van der Waals surface area contributed by atoms with Gasteiger partial charge in [-0.15, -0.1) is 0 Å². The van der Waals surface area contributed by atoms with Crippen LogP contribution in [0.15, 0.2) is 48.5 Å². The van der Waals surface area contributed by atoms with Crippen LogP contribution in [0.4, 0.5) is 10.1 Å². The SMILES string of the molecule is O=[N+]([O-])c1ccc([I+]c2ccc(F)cc2)cc1. The van der Waals surface area contributed by atoms with Crippen LogP contribution in [0.2, 0.25) is 0 Å². The maximum Gasteiger partial charge on any atom is 0.357 e. The van der Waals surface area contributed by atoms with E-state index in [2.05, 4.69) is 0 Å². The van der Waals surface area contributed by atoms with Gasteiger partial charge in [-0.05, 0) is 36.4 Å². The molecule has 2 aromatic carbocycles. The lowest BCUT2D eigenvalue weighted by molar-refractivity contribution is -0.597. The molecule has 0 unspecified atom stereocenters. The number of halogens is 2. The van der Waals surface area contributed by atoms with Gasteiger partial charge in [-0.2, -0.15) is 0 Å². The van der Waals surface area contributed by atoms with Crippen LogP contribution in [-0.2, 0) is 0 Å².